The Labute approximate surface area is 123 Å². The van der Waals surface area contributed by atoms with Gasteiger partial charge in [-0.05, 0) is 19.3 Å². The number of amides is 1. The maximum atomic E-state index is 11.6. The Morgan fingerprint density at radius 2 is 2.10 bits per heavy atom. The maximum Gasteiger partial charge on any atom is 0.323 e. The number of nitrogens with zero attached hydrogens (tertiary/aromatic N) is 3. The Morgan fingerprint density at radius 3 is 2.76 bits per heavy atom. The molecule has 0 saturated heterocycles. The van der Waals surface area contributed by atoms with Crippen LogP contribution >= 0.6 is 0 Å². The van der Waals surface area contributed by atoms with Crippen LogP contribution in [0.5, 0.6) is 6.01 Å². The van der Waals surface area contributed by atoms with E-state index in [1.54, 1.807) is 0 Å². The highest BCUT2D eigenvalue weighted by Gasteiger charge is 2.22. The van der Waals surface area contributed by atoms with E-state index in [9.17, 15) is 4.79 Å². The first-order valence-electron chi connectivity index (χ1n) is 7.10. The second kappa shape index (κ2) is 7.58. The van der Waals surface area contributed by atoms with Crippen molar-refractivity contribution in [2.24, 2.45) is 5.84 Å². The summed E-state index contributed by atoms with van der Waals surface area (Å²) >= 11 is 0. The van der Waals surface area contributed by atoms with Crippen LogP contribution in [0.25, 0.3) is 0 Å². The van der Waals surface area contributed by atoms with E-state index in [2.05, 4.69) is 31.0 Å². The Balaban J connectivity index is 1.83. The number of carbonyl (C=O) groups is 1. The summed E-state index contributed by atoms with van der Waals surface area (Å²) in [7, 11) is 0. The third-order valence-corrected chi connectivity index (χ3v) is 2.76. The molecule has 21 heavy (non-hydrogen) atoms. The molecule has 1 aromatic heterocycles. The van der Waals surface area contributed by atoms with E-state index in [0.717, 1.165) is 19.3 Å². The van der Waals surface area contributed by atoms with Crippen LogP contribution in [0.15, 0.2) is 0 Å². The smallest absolute Gasteiger partial charge is 0.323 e. The largest absolute Gasteiger partial charge is 0.463 e. The highest BCUT2D eigenvalue weighted by Crippen LogP contribution is 2.18. The van der Waals surface area contributed by atoms with E-state index < -0.39 is 0 Å². The highest BCUT2D eigenvalue weighted by molar-refractivity contribution is 5.77. The molecule has 0 unspecified atom stereocenters. The molecule has 2 rings (SSSR count). The van der Waals surface area contributed by atoms with Gasteiger partial charge in [-0.25, -0.2) is 5.84 Å². The number of nitrogen functional groups attached to an aromatic ring is 1. The lowest BCUT2D eigenvalue weighted by molar-refractivity contribution is -0.120. The van der Waals surface area contributed by atoms with Crippen molar-refractivity contribution < 1.29 is 9.53 Å². The Bertz CT molecular complexity index is 479. The first-order valence-corrected chi connectivity index (χ1v) is 7.10. The van der Waals surface area contributed by atoms with Gasteiger partial charge in [-0.3, -0.25) is 10.2 Å². The van der Waals surface area contributed by atoms with E-state index in [0.29, 0.717) is 31.6 Å². The number of rotatable bonds is 9. The van der Waals surface area contributed by atoms with Crippen molar-refractivity contribution in [3.05, 3.63) is 0 Å². The van der Waals surface area contributed by atoms with Crippen molar-refractivity contribution in [2.45, 2.75) is 38.6 Å². The molecule has 0 aliphatic heterocycles. The molecule has 1 aromatic rings. The second-order valence-electron chi connectivity index (χ2n) is 4.78. The molecule has 0 spiro atoms. The van der Waals surface area contributed by atoms with Crippen LogP contribution < -0.4 is 26.6 Å². The van der Waals surface area contributed by atoms with Crippen LogP contribution in [-0.4, -0.2) is 40.1 Å². The summed E-state index contributed by atoms with van der Waals surface area (Å²) in [6.07, 6.45) is 3.37. The summed E-state index contributed by atoms with van der Waals surface area (Å²) in [5.41, 5.74) is 2.36. The average molecular weight is 295 g/mol. The molecule has 0 radical (unpaired) electrons. The zero-order valence-corrected chi connectivity index (χ0v) is 12.1. The van der Waals surface area contributed by atoms with Crippen LogP contribution in [0.3, 0.4) is 0 Å². The molecule has 1 amide bonds. The molecule has 5 N–H and O–H groups in total. The van der Waals surface area contributed by atoms with Crippen LogP contribution in [0.4, 0.5) is 11.9 Å². The zero-order chi connectivity index (χ0) is 15.1. The molecule has 1 saturated carbocycles. The number of aromatic nitrogens is 3. The Morgan fingerprint density at radius 1 is 1.33 bits per heavy atom. The molecular formula is C12H21N7O2. The number of nitrogens with two attached hydrogens (primary N) is 1. The third-order valence-electron chi connectivity index (χ3n) is 2.76. The van der Waals surface area contributed by atoms with Crippen molar-refractivity contribution in [1.29, 1.82) is 0 Å². The lowest BCUT2D eigenvalue weighted by atomic mass is 10.4. The third kappa shape index (κ3) is 5.38. The van der Waals surface area contributed by atoms with Gasteiger partial charge in [-0.15, -0.1) is 0 Å². The van der Waals surface area contributed by atoms with E-state index in [4.69, 9.17) is 10.6 Å². The number of anilines is 2. The summed E-state index contributed by atoms with van der Waals surface area (Å²) in [6.45, 7) is 2.93. The quantitative estimate of drug-likeness (QED) is 0.371. The number of carbonyl (C=O) groups excluding carboxylic acids is 1. The van der Waals surface area contributed by atoms with Gasteiger partial charge in [0.15, 0.2) is 0 Å². The van der Waals surface area contributed by atoms with Gasteiger partial charge in [0, 0.05) is 19.0 Å². The van der Waals surface area contributed by atoms with E-state index in [-0.39, 0.29) is 17.9 Å². The molecule has 1 aliphatic carbocycles. The lowest BCUT2D eigenvalue weighted by Gasteiger charge is -2.09. The predicted molar refractivity (Wildman–Crippen MR) is 77.7 cm³/mol. The summed E-state index contributed by atoms with van der Waals surface area (Å²) in [5, 5.41) is 5.87. The summed E-state index contributed by atoms with van der Waals surface area (Å²) < 4.78 is 5.35. The van der Waals surface area contributed by atoms with Gasteiger partial charge >= 0.3 is 6.01 Å². The van der Waals surface area contributed by atoms with Crippen LogP contribution in [-0.2, 0) is 4.79 Å². The highest BCUT2D eigenvalue weighted by atomic mass is 16.5. The van der Waals surface area contributed by atoms with E-state index in [1.165, 1.54) is 0 Å². The van der Waals surface area contributed by atoms with Crippen LogP contribution in [0, 0.1) is 0 Å². The number of nitrogens with one attached hydrogen (secondary N) is 3. The molecule has 9 nitrogen and oxygen atoms in total. The van der Waals surface area contributed by atoms with E-state index in [1.807, 2.05) is 6.92 Å². The molecule has 1 aliphatic rings. The van der Waals surface area contributed by atoms with Gasteiger partial charge in [-0.2, -0.15) is 15.0 Å². The molecule has 0 aromatic carbocycles. The SMILES string of the molecule is CCCOc1nc(NN)nc(NCCC(=O)NC2CC2)n1. The number of ether oxygens (including phenoxy) is 1. The number of hydrazine groups is 1. The normalized spacial score (nSPS) is 13.6. The summed E-state index contributed by atoms with van der Waals surface area (Å²) in [5.74, 6) is 5.86. The van der Waals surface area contributed by atoms with Gasteiger partial charge in [0.2, 0.25) is 17.8 Å². The average Bonchev–Trinajstić information content (AvgIpc) is 3.28. The second-order valence-corrected chi connectivity index (χ2v) is 4.78. The van der Waals surface area contributed by atoms with Crippen molar-refractivity contribution >= 4 is 17.8 Å². The van der Waals surface area contributed by atoms with Crippen LogP contribution in [0.2, 0.25) is 0 Å². The number of hydrogen-bond donors (Lipinski definition) is 4. The summed E-state index contributed by atoms with van der Waals surface area (Å²) in [4.78, 5) is 23.7. The van der Waals surface area contributed by atoms with Crippen molar-refractivity contribution in [3.8, 4) is 6.01 Å². The van der Waals surface area contributed by atoms with Crippen molar-refractivity contribution in [1.82, 2.24) is 20.3 Å². The molecule has 0 atom stereocenters. The fourth-order valence-electron chi connectivity index (χ4n) is 1.57. The first-order chi connectivity index (χ1) is 10.2. The molecular weight excluding hydrogens is 274 g/mol. The van der Waals surface area contributed by atoms with Gasteiger partial charge in [0.05, 0.1) is 6.61 Å². The summed E-state index contributed by atoms with van der Waals surface area (Å²) in [6, 6.07) is 0.571. The molecule has 116 valence electrons. The molecule has 1 heterocycles. The van der Waals surface area contributed by atoms with E-state index >= 15 is 0 Å². The Hall–Kier alpha value is -2.16. The minimum Gasteiger partial charge on any atom is -0.463 e. The fourth-order valence-corrected chi connectivity index (χ4v) is 1.57. The maximum absolute atomic E-state index is 11.6. The minimum absolute atomic E-state index is 0.0266. The standard InChI is InChI=1S/C12H21N7O2/c1-2-7-21-12-17-10(16-11(18-12)19-13)14-6-5-9(20)15-8-3-4-8/h8H,2-7,13H2,1H3,(H,15,20)(H2,14,16,17,18,19). The fraction of sp³-hybridized carbons (Fsp3) is 0.667. The van der Waals surface area contributed by atoms with Crippen molar-refractivity contribution in [3.63, 3.8) is 0 Å². The van der Waals surface area contributed by atoms with Crippen molar-refractivity contribution in [2.75, 3.05) is 23.9 Å². The number of hydrogen-bond acceptors (Lipinski definition) is 8. The van der Waals surface area contributed by atoms with Gasteiger partial charge in [0.1, 0.15) is 0 Å². The first kappa shape index (κ1) is 15.2. The minimum atomic E-state index is 0.0266. The van der Waals surface area contributed by atoms with Gasteiger partial charge in [0.25, 0.3) is 0 Å². The molecule has 1 fully saturated rings. The topological polar surface area (TPSA) is 127 Å². The molecule has 9 heteroatoms. The lowest BCUT2D eigenvalue weighted by Crippen LogP contribution is -2.27. The molecule has 0 bridgehead atoms. The van der Waals surface area contributed by atoms with Gasteiger partial charge < -0.3 is 15.4 Å². The van der Waals surface area contributed by atoms with Gasteiger partial charge in [-0.1, -0.05) is 6.92 Å². The Kier molecular flexibility index (Phi) is 5.50. The van der Waals surface area contributed by atoms with Crippen LogP contribution in [0.1, 0.15) is 32.6 Å². The monoisotopic (exact) mass is 295 g/mol. The zero-order valence-electron chi connectivity index (χ0n) is 12.1. The predicted octanol–water partition coefficient (Wildman–Crippen LogP) is 0.0266.